The number of rotatable bonds is 7. The first-order valence-corrected chi connectivity index (χ1v) is 15.9. The number of aliphatic carboxylic acids is 1. The molecule has 2 saturated carbocycles. The summed E-state index contributed by atoms with van der Waals surface area (Å²) in [6, 6.07) is 7.53. The predicted molar refractivity (Wildman–Crippen MR) is 165 cm³/mol. The highest BCUT2D eigenvalue weighted by Gasteiger charge is 2.21. The van der Waals surface area contributed by atoms with Crippen LogP contribution in [-0.2, 0) is 9.53 Å². The maximum absolute atomic E-state index is 9.61. The number of carboxylic acids is 1. The first kappa shape index (κ1) is 34.9. The topological polar surface area (TPSA) is 101 Å². The van der Waals surface area contributed by atoms with Gasteiger partial charge in [-0.05, 0) is 101 Å². The zero-order chi connectivity index (χ0) is 29.9. The number of ether oxygens (including phenoxy) is 2. The van der Waals surface area contributed by atoms with Crippen LogP contribution in [0.25, 0.3) is 0 Å². The van der Waals surface area contributed by atoms with Crippen molar-refractivity contribution in [2.75, 3.05) is 26.7 Å². The van der Waals surface area contributed by atoms with Crippen LogP contribution in [-0.4, -0.2) is 65.9 Å². The number of hydrogen-bond acceptors (Lipinski definition) is 7. The minimum atomic E-state index is -0.833. The van der Waals surface area contributed by atoms with Crippen molar-refractivity contribution in [2.24, 2.45) is 17.0 Å². The molecule has 1 heterocycles. The summed E-state index contributed by atoms with van der Waals surface area (Å²) in [5.41, 5.74) is 0. The Bertz CT molecular complexity index is 859. The first-order chi connectivity index (χ1) is 19.7. The van der Waals surface area contributed by atoms with Crippen LogP contribution in [0.1, 0.15) is 111 Å². The van der Waals surface area contributed by atoms with Gasteiger partial charge in [0.15, 0.2) is 5.75 Å². The Hall–Kier alpha value is -2.32. The van der Waals surface area contributed by atoms with Crippen LogP contribution in [0.15, 0.2) is 29.4 Å². The highest BCUT2D eigenvalue weighted by atomic mass is 16.6. The molecule has 8 heteroatoms. The maximum atomic E-state index is 9.61. The van der Waals surface area contributed by atoms with Crippen LogP contribution < -0.4 is 9.57 Å². The predicted octanol–water partition coefficient (Wildman–Crippen LogP) is 7.29. The molecule has 1 saturated heterocycles. The minimum absolute atomic E-state index is 0.158. The van der Waals surface area contributed by atoms with E-state index in [1.807, 2.05) is 31.2 Å². The maximum Gasteiger partial charge on any atom is 0.300 e. The monoisotopic (exact) mass is 576 g/mol. The normalized spacial score (nSPS) is 24.3. The van der Waals surface area contributed by atoms with Gasteiger partial charge in [-0.3, -0.25) is 4.79 Å². The fraction of sp³-hybridized carbons (Fsp3) is 0.758. The summed E-state index contributed by atoms with van der Waals surface area (Å²) >= 11 is 0. The SMILES string of the molecule is C/C(=N\Oc1cccc(OC2CCC(O)CC2)c1)OCCC1CCCN(C)CC1.CC(=O)O.CC1CCCCCC1. The molecule has 1 atom stereocenters. The first-order valence-electron chi connectivity index (χ1n) is 15.9. The fourth-order valence-corrected chi connectivity index (χ4v) is 5.56. The Morgan fingerprint density at radius 2 is 1.59 bits per heavy atom. The molecule has 0 bridgehead atoms. The van der Waals surface area contributed by atoms with Gasteiger partial charge in [0.05, 0.1) is 18.8 Å². The van der Waals surface area contributed by atoms with Crippen LogP contribution in [0.2, 0.25) is 0 Å². The average molecular weight is 577 g/mol. The van der Waals surface area contributed by atoms with E-state index in [0.717, 1.165) is 56.6 Å². The van der Waals surface area contributed by atoms with Gasteiger partial charge < -0.3 is 29.4 Å². The van der Waals surface area contributed by atoms with E-state index in [2.05, 4.69) is 24.0 Å². The Kier molecular flexibility index (Phi) is 17.5. The minimum Gasteiger partial charge on any atom is -0.490 e. The lowest BCUT2D eigenvalue weighted by molar-refractivity contribution is -0.134. The third kappa shape index (κ3) is 17.3. The Labute approximate surface area is 248 Å². The molecule has 3 fully saturated rings. The van der Waals surface area contributed by atoms with Crippen molar-refractivity contribution < 1.29 is 29.3 Å². The molecule has 2 N–H and O–H groups in total. The summed E-state index contributed by atoms with van der Waals surface area (Å²) in [6.45, 7) is 8.36. The van der Waals surface area contributed by atoms with Gasteiger partial charge in [0.25, 0.3) is 5.97 Å². The van der Waals surface area contributed by atoms with Crippen molar-refractivity contribution in [1.29, 1.82) is 0 Å². The summed E-state index contributed by atoms with van der Waals surface area (Å²) in [5.74, 6) is 2.88. The largest absolute Gasteiger partial charge is 0.490 e. The summed E-state index contributed by atoms with van der Waals surface area (Å²) in [5, 5.41) is 21.1. The molecule has 0 amide bonds. The van der Waals surface area contributed by atoms with E-state index in [9.17, 15) is 5.11 Å². The molecule has 1 unspecified atom stereocenters. The van der Waals surface area contributed by atoms with Gasteiger partial charge in [0.1, 0.15) is 5.75 Å². The Morgan fingerprint density at radius 3 is 2.27 bits per heavy atom. The van der Waals surface area contributed by atoms with Crippen molar-refractivity contribution in [3.8, 4) is 11.5 Å². The van der Waals surface area contributed by atoms with Crippen LogP contribution in [0.3, 0.4) is 0 Å². The summed E-state index contributed by atoms with van der Waals surface area (Å²) in [6.07, 6.45) is 17.2. The van der Waals surface area contributed by atoms with E-state index in [0.29, 0.717) is 18.3 Å². The second kappa shape index (κ2) is 20.5. The van der Waals surface area contributed by atoms with Crippen LogP contribution in [0, 0.1) is 11.8 Å². The van der Waals surface area contributed by atoms with E-state index in [4.69, 9.17) is 24.2 Å². The summed E-state index contributed by atoms with van der Waals surface area (Å²) in [7, 11) is 2.20. The van der Waals surface area contributed by atoms with Crippen molar-refractivity contribution in [2.45, 2.75) is 123 Å². The molecule has 2 aliphatic carbocycles. The number of carbonyl (C=O) groups is 1. The average Bonchev–Trinajstić information content (AvgIpc) is 3.31. The standard InChI is InChI=1S/C23H36N2O4.C8H16.C2H4O2/c1-18(27-16-13-19-5-4-14-25(2)15-12-19)24-29-23-7-3-6-22(17-23)28-21-10-8-20(26)9-11-21;1-8-6-4-2-3-5-7-8;1-2(3)4/h3,6-7,17,19-21,26H,4-5,8-16H2,1-2H3;8H,2-7H2,1H3;1H3,(H,3,4)/b24-18+;;. The lowest BCUT2D eigenvalue weighted by Crippen LogP contribution is -2.26. The second-order valence-corrected chi connectivity index (χ2v) is 12.1. The van der Waals surface area contributed by atoms with Gasteiger partial charge in [-0.25, -0.2) is 0 Å². The van der Waals surface area contributed by atoms with Crippen molar-refractivity contribution in [1.82, 2.24) is 4.90 Å². The third-order valence-electron chi connectivity index (χ3n) is 8.08. The second-order valence-electron chi connectivity index (χ2n) is 12.1. The van der Waals surface area contributed by atoms with E-state index in [1.54, 1.807) is 0 Å². The molecule has 0 radical (unpaired) electrons. The van der Waals surface area contributed by atoms with E-state index < -0.39 is 5.97 Å². The number of aliphatic hydroxyl groups excluding tert-OH is 1. The summed E-state index contributed by atoms with van der Waals surface area (Å²) < 4.78 is 11.8. The van der Waals surface area contributed by atoms with Gasteiger partial charge in [0, 0.05) is 19.9 Å². The number of nitrogens with zero attached hydrogens (tertiary/aromatic N) is 2. The Morgan fingerprint density at radius 1 is 0.927 bits per heavy atom. The van der Waals surface area contributed by atoms with Gasteiger partial charge in [0.2, 0.25) is 5.90 Å². The number of aliphatic hydroxyl groups is 1. The molecule has 234 valence electrons. The van der Waals surface area contributed by atoms with E-state index in [1.165, 1.54) is 70.9 Å². The fourth-order valence-electron chi connectivity index (χ4n) is 5.56. The number of hydrogen-bond donors (Lipinski definition) is 2. The molecule has 1 aromatic carbocycles. The van der Waals surface area contributed by atoms with Crippen molar-refractivity contribution in [3.05, 3.63) is 24.3 Å². The molecule has 4 rings (SSSR count). The number of oxime groups is 1. The molecule has 41 heavy (non-hydrogen) atoms. The molecule has 0 spiro atoms. The number of benzene rings is 1. The van der Waals surface area contributed by atoms with Gasteiger partial charge in [-0.15, -0.1) is 0 Å². The zero-order valence-electron chi connectivity index (χ0n) is 26.1. The molecule has 0 aromatic heterocycles. The van der Waals surface area contributed by atoms with Crippen molar-refractivity contribution in [3.63, 3.8) is 0 Å². The van der Waals surface area contributed by atoms with Gasteiger partial charge >= 0.3 is 0 Å². The number of carboxylic acid groups (broad SMARTS) is 1. The van der Waals surface area contributed by atoms with Crippen molar-refractivity contribution >= 4 is 11.9 Å². The van der Waals surface area contributed by atoms with Crippen LogP contribution in [0.5, 0.6) is 11.5 Å². The van der Waals surface area contributed by atoms with Gasteiger partial charge in [-0.2, -0.15) is 0 Å². The number of likely N-dealkylation sites (tertiary alicyclic amines) is 1. The molecule has 8 nitrogen and oxygen atoms in total. The highest BCUT2D eigenvalue weighted by molar-refractivity contribution is 5.72. The lowest BCUT2D eigenvalue weighted by Gasteiger charge is -2.26. The van der Waals surface area contributed by atoms with E-state index in [-0.39, 0.29) is 12.2 Å². The van der Waals surface area contributed by atoms with E-state index >= 15 is 0 Å². The molecule has 1 aliphatic heterocycles. The zero-order valence-corrected chi connectivity index (χ0v) is 26.1. The quantitative estimate of drug-likeness (QED) is 0.152. The molecule has 1 aromatic rings. The summed E-state index contributed by atoms with van der Waals surface area (Å²) in [4.78, 5) is 16.9. The van der Waals surface area contributed by atoms with Gasteiger partial charge in [-0.1, -0.05) is 51.5 Å². The molecular weight excluding hydrogens is 520 g/mol. The lowest BCUT2D eigenvalue weighted by atomic mass is 9.95. The van der Waals surface area contributed by atoms with Crippen LogP contribution in [0.4, 0.5) is 0 Å². The third-order valence-corrected chi connectivity index (χ3v) is 8.08. The molecule has 3 aliphatic rings. The Balaban J connectivity index is 0.000000407. The smallest absolute Gasteiger partial charge is 0.300 e. The highest BCUT2D eigenvalue weighted by Crippen LogP contribution is 2.26. The van der Waals surface area contributed by atoms with Crippen LogP contribution >= 0.6 is 0 Å². The molecular formula is C33H56N2O6.